The molecule has 0 heterocycles. The average molecular weight is 684 g/mol. The molecule has 1 aromatic carbocycles. The summed E-state index contributed by atoms with van der Waals surface area (Å²) in [7, 11) is -11.2. The molecule has 1 rings (SSSR count). The van der Waals surface area contributed by atoms with E-state index in [-0.39, 0.29) is 97.6 Å². The standard InChI is InChI=1S/C21H34Cl2N4O10P2.2Na.2H/c1-15(19(29)25-10-2-7-21(31,38(32,33)34)39(35,36)37)26-20(30)18(24)13-16-3-5-17(6-4-16)27(14-28,11-8-22)12-9-23;;;;/h3-6,14-15,18,31H,2,7-13,24H2,1H3,(H5-,25,26,29,30,32,33,34,35,36,37);;;;/q;2*+1;2*-1/p+1/t15-,18-;;;;/m0..../s1. The molecule has 3 amide bonds. The number of carbonyl (C=O) groups is 3. The fourth-order valence-electron chi connectivity index (χ4n) is 3.65. The van der Waals surface area contributed by atoms with Gasteiger partial charge in [0.2, 0.25) is 11.8 Å². The third kappa shape index (κ3) is 12.5. The van der Waals surface area contributed by atoms with Crippen LogP contribution in [0.15, 0.2) is 24.3 Å². The quantitative estimate of drug-likeness (QED) is 0.0192. The number of aliphatic hydroxyl groups is 1. The molecule has 0 fully saturated rings. The van der Waals surface area contributed by atoms with E-state index in [1.54, 1.807) is 24.3 Å². The fraction of sp³-hybridized carbons (Fsp3) is 0.571. The Labute approximate surface area is 295 Å². The van der Waals surface area contributed by atoms with Crippen LogP contribution in [0.2, 0.25) is 0 Å². The van der Waals surface area contributed by atoms with Crippen molar-refractivity contribution in [3.05, 3.63) is 29.8 Å². The number of benzene rings is 1. The molecule has 0 unspecified atom stereocenters. The Morgan fingerprint density at radius 3 is 1.95 bits per heavy atom. The van der Waals surface area contributed by atoms with E-state index in [9.17, 15) is 28.6 Å². The van der Waals surface area contributed by atoms with E-state index in [1.807, 2.05) is 0 Å². The molecule has 41 heavy (non-hydrogen) atoms. The van der Waals surface area contributed by atoms with E-state index in [4.69, 9.17) is 48.5 Å². The van der Waals surface area contributed by atoms with Gasteiger partial charge in [-0.05, 0) is 37.5 Å². The number of nitrogens with zero attached hydrogens (tertiary/aromatic N) is 1. The van der Waals surface area contributed by atoms with Gasteiger partial charge in [-0.25, -0.2) is 9.28 Å². The second-order valence-electron chi connectivity index (χ2n) is 8.93. The fourth-order valence-corrected chi connectivity index (χ4v) is 6.51. The first-order valence-electron chi connectivity index (χ1n) is 11.7. The monoisotopic (exact) mass is 683 g/mol. The van der Waals surface area contributed by atoms with Crippen LogP contribution in [0.25, 0.3) is 0 Å². The third-order valence-electron chi connectivity index (χ3n) is 6.09. The molecule has 0 aliphatic rings. The first kappa shape index (κ1) is 43.7. The smallest absolute Gasteiger partial charge is 1.00 e. The number of halogens is 2. The molecule has 0 spiro atoms. The number of quaternary nitrogens is 1. The van der Waals surface area contributed by atoms with Gasteiger partial charge in [0.25, 0.3) is 5.08 Å². The van der Waals surface area contributed by atoms with Crippen LogP contribution >= 0.6 is 38.4 Å². The van der Waals surface area contributed by atoms with Crippen LogP contribution in [0.1, 0.15) is 28.2 Å². The molecule has 20 heteroatoms. The predicted molar refractivity (Wildman–Crippen MR) is 148 cm³/mol. The molecule has 0 aliphatic carbocycles. The van der Waals surface area contributed by atoms with Gasteiger partial charge in [-0.15, -0.1) is 23.2 Å². The third-order valence-corrected chi connectivity index (χ3v) is 10.3. The number of alkyl halides is 2. The van der Waals surface area contributed by atoms with Crippen LogP contribution in [-0.2, 0) is 29.9 Å². The summed E-state index contributed by atoms with van der Waals surface area (Å²) in [6.07, 6.45) is -0.470. The molecular formula is C21H37Cl2N4Na2O10P2+. The summed E-state index contributed by atoms with van der Waals surface area (Å²) < 4.78 is 22.7. The Morgan fingerprint density at radius 2 is 1.54 bits per heavy atom. The minimum absolute atomic E-state index is 0. The van der Waals surface area contributed by atoms with Crippen molar-refractivity contribution in [3.63, 3.8) is 0 Å². The Morgan fingerprint density at radius 1 is 1.05 bits per heavy atom. The molecule has 0 aliphatic heterocycles. The van der Waals surface area contributed by atoms with Crippen molar-refractivity contribution >= 4 is 62.3 Å². The molecule has 9 N–H and O–H groups in total. The Bertz CT molecular complexity index is 1080. The van der Waals surface area contributed by atoms with E-state index in [0.717, 1.165) is 6.41 Å². The molecular weight excluding hydrogens is 647 g/mol. The van der Waals surface area contributed by atoms with E-state index in [2.05, 4.69) is 10.6 Å². The molecule has 1 aromatic rings. The zero-order valence-electron chi connectivity index (χ0n) is 25.2. The maximum Gasteiger partial charge on any atom is 1.00 e. The molecule has 0 saturated heterocycles. The van der Waals surface area contributed by atoms with Crippen molar-refractivity contribution < 1.29 is 110 Å². The molecule has 14 nitrogen and oxygen atoms in total. The summed E-state index contributed by atoms with van der Waals surface area (Å²) >= 11 is 11.7. The number of hydrogen-bond acceptors (Lipinski definition) is 7. The number of nitrogens with one attached hydrogen (secondary N) is 2. The Balaban J connectivity index is -0.00000190. The van der Waals surface area contributed by atoms with Gasteiger partial charge in [-0.2, -0.15) is 0 Å². The van der Waals surface area contributed by atoms with Crippen LogP contribution in [0.3, 0.4) is 0 Å². The molecule has 0 saturated carbocycles. The van der Waals surface area contributed by atoms with Crippen molar-refractivity contribution in [2.45, 2.75) is 43.4 Å². The zero-order valence-corrected chi connectivity index (χ0v) is 30.5. The number of nitrogens with two attached hydrogens (primary N) is 1. The van der Waals surface area contributed by atoms with Crippen molar-refractivity contribution in [1.29, 1.82) is 0 Å². The van der Waals surface area contributed by atoms with Crippen molar-refractivity contribution in [1.82, 2.24) is 15.1 Å². The van der Waals surface area contributed by atoms with Gasteiger partial charge in [-0.3, -0.25) is 18.7 Å². The van der Waals surface area contributed by atoms with Crippen LogP contribution in [0, 0.1) is 0 Å². The second kappa shape index (κ2) is 19.2. The van der Waals surface area contributed by atoms with Crippen LogP contribution in [-0.4, -0.2) is 91.5 Å². The minimum Gasteiger partial charge on any atom is -1.00 e. The largest absolute Gasteiger partial charge is 1.00 e. The maximum atomic E-state index is 12.5. The average Bonchev–Trinajstić information content (AvgIpc) is 2.85. The van der Waals surface area contributed by atoms with E-state index < -0.39 is 50.6 Å². The van der Waals surface area contributed by atoms with Gasteiger partial charge < -0.3 is 43.9 Å². The second-order valence-corrected chi connectivity index (χ2v) is 13.7. The number of rotatable bonds is 17. The zero-order chi connectivity index (χ0) is 30.1. The number of hydrogen-bond donors (Lipinski definition) is 8. The van der Waals surface area contributed by atoms with Crippen molar-refractivity contribution in [2.75, 3.05) is 31.4 Å². The van der Waals surface area contributed by atoms with Crippen LogP contribution in [0.4, 0.5) is 5.69 Å². The predicted octanol–water partition coefficient (Wildman–Crippen LogP) is -5.87. The first-order valence-corrected chi connectivity index (χ1v) is 16.0. The van der Waals surface area contributed by atoms with Crippen molar-refractivity contribution in [2.24, 2.45) is 5.73 Å². The van der Waals surface area contributed by atoms with Gasteiger partial charge in [0, 0.05) is 13.0 Å². The van der Waals surface area contributed by atoms with E-state index >= 15 is 0 Å². The van der Waals surface area contributed by atoms with Gasteiger partial charge in [0.05, 0.1) is 17.8 Å². The molecule has 0 radical (unpaired) electrons. The molecule has 0 bridgehead atoms. The summed E-state index contributed by atoms with van der Waals surface area (Å²) in [5.41, 5.74) is 7.36. The van der Waals surface area contributed by atoms with Crippen molar-refractivity contribution in [3.8, 4) is 0 Å². The van der Waals surface area contributed by atoms with Crippen LogP contribution in [0.5, 0.6) is 0 Å². The Hall–Kier alpha value is 0.590. The Kier molecular flexibility index (Phi) is 20.5. The summed E-state index contributed by atoms with van der Waals surface area (Å²) in [6, 6.07) is 4.79. The maximum absolute atomic E-state index is 12.5. The van der Waals surface area contributed by atoms with Gasteiger partial charge >= 0.3 is 80.7 Å². The van der Waals surface area contributed by atoms with Crippen LogP contribution < -0.4 is 80.0 Å². The molecule has 2 atom stereocenters. The van der Waals surface area contributed by atoms with E-state index in [1.165, 1.54) is 6.92 Å². The summed E-state index contributed by atoms with van der Waals surface area (Å²) in [4.78, 5) is 73.1. The van der Waals surface area contributed by atoms with Gasteiger partial charge in [0.1, 0.15) is 24.8 Å². The number of amides is 3. The minimum atomic E-state index is -5.59. The van der Waals surface area contributed by atoms with Gasteiger partial charge in [0.15, 0.2) is 0 Å². The number of carbonyl (C=O) groups excluding carboxylic acids is 3. The summed E-state index contributed by atoms with van der Waals surface area (Å²) in [6.45, 7) is 1.77. The first-order chi connectivity index (χ1) is 18.0. The summed E-state index contributed by atoms with van der Waals surface area (Å²) in [5.74, 6) is -0.840. The molecule has 0 aromatic heterocycles. The van der Waals surface area contributed by atoms with Gasteiger partial charge in [-0.1, -0.05) is 12.1 Å². The topological polar surface area (TPSA) is 237 Å². The SMILES string of the molecule is C[C@H](NC(=O)[C@@H](N)Cc1ccc([N+](C=O)(CCCl)CCCl)cc1)C(=O)NCCCC(O)(P(=O)(O)O)P(=O)(O)O.[H-].[H-].[Na+].[Na+]. The summed E-state index contributed by atoms with van der Waals surface area (Å²) in [5, 5.41) is 11.0. The molecule has 226 valence electrons. The normalized spacial score (nSPS) is 13.7. The van der Waals surface area contributed by atoms with E-state index in [0.29, 0.717) is 24.3 Å².